The zero-order chi connectivity index (χ0) is 14.4. The number of benzene rings is 1. The Kier molecular flexibility index (Phi) is 4.65. The van der Waals surface area contributed by atoms with Crippen LogP contribution in [0.1, 0.15) is 11.3 Å². The van der Waals surface area contributed by atoms with E-state index in [0.29, 0.717) is 18.5 Å². The first-order valence-corrected chi connectivity index (χ1v) is 6.50. The molecule has 2 rings (SSSR count). The zero-order valence-corrected chi connectivity index (χ0v) is 11.4. The molecule has 5 nitrogen and oxygen atoms in total. The van der Waals surface area contributed by atoms with Crippen LogP contribution < -0.4 is 10.9 Å². The van der Waals surface area contributed by atoms with Gasteiger partial charge in [0, 0.05) is 18.4 Å². The second-order valence-corrected chi connectivity index (χ2v) is 4.49. The number of aryl methyl sites for hydroxylation is 1. The number of carbonyl (C=O) groups is 1. The summed E-state index contributed by atoms with van der Waals surface area (Å²) in [5.74, 6) is 0.286. The highest BCUT2D eigenvalue weighted by Crippen LogP contribution is 2.01. The SMILES string of the molecule is Cc1cnc(NCCc2ccccc2)c(=O)n1CC=O. The third-order valence-corrected chi connectivity index (χ3v) is 3.06. The highest BCUT2D eigenvalue weighted by atomic mass is 16.1. The lowest BCUT2D eigenvalue weighted by atomic mass is 10.1. The van der Waals surface area contributed by atoms with Crippen LogP contribution in [-0.4, -0.2) is 22.4 Å². The average molecular weight is 271 g/mol. The number of hydrogen-bond donors (Lipinski definition) is 1. The summed E-state index contributed by atoms with van der Waals surface area (Å²) in [6.45, 7) is 2.43. The molecule has 0 saturated carbocycles. The Morgan fingerprint density at radius 2 is 2.05 bits per heavy atom. The molecule has 5 heteroatoms. The fourth-order valence-corrected chi connectivity index (χ4v) is 1.96. The lowest BCUT2D eigenvalue weighted by Gasteiger charge is -2.09. The Hall–Kier alpha value is -2.43. The second kappa shape index (κ2) is 6.65. The molecule has 0 radical (unpaired) electrons. The predicted molar refractivity (Wildman–Crippen MR) is 77.9 cm³/mol. The molecule has 0 fully saturated rings. The van der Waals surface area contributed by atoms with Crippen molar-refractivity contribution in [3.8, 4) is 0 Å². The number of nitrogens with zero attached hydrogens (tertiary/aromatic N) is 2. The van der Waals surface area contributed by atoms with Gasteiger partial charge in [0.2, 0.25) is 0 Å². The van der Waals surface area contributed by atoms with E-state index < -0.39 is 0 Å². The van der Waals surface area contributed by atoms with Gasteiger partial charge in [-0.1, -0.05) is 30.3 Å². The van der Waals surface area contributed by atoms with Gasteiger partial charge in [0.25, 0.3) is 5.56 Å². The predicted octanol–water partition coefficient (Wildman–Crippen LogP) is 1.41. The largest absolute Gasteiger partial charge is 0.365 e. The van der Waals surface area contributed by atoms with Gasteiger partial charge in [0.05, 0.1) is 6.54 Å². The maximum atomic E-state index is 12.1. The van der Waals surface area contributed by atoms with Crippen LogP contribution in [0.25, 0.3) is 0 Å². The van der Waals surface area contributed by atoms with Gasteiger partial charge in [-0.2, -0.15) is 0 Å². The van der Waals surface area contributed by atoms with Crippen molar-refractivity contribution in [1.82, 2.24) is 9.55 Å². The Morgan fingerprint density at radius 3 is 2.75 bits per heavy atom. The zero-order valence-electron chi connectivity index (χ0n) is 11.4. The van der Waals surface area contributed by atoms with Crippen LogP contribution in [0.15, 0.2) is 41.3 Å². The van der Waals surface area contributed by atoms with Crippen molar-refractivity contribution in [1.29, 1.82) is 0 Å². The molecule has 0 unspecified atom stereocenters. The maximum Gasteiger partial charge on any atom is 0.293 e. The first-order chi connectivity index (χ1) is 9.72. The summed E-state index contributed by atoms with van der Waals surface area (Å²) in [7, 11) is 0. The quantitative estimate of drug-likeness (QED) is 0.807. The Balaban J connectivity index is 2.05. The number of hydrogen-bond acceptors (Lipinski definition) is 4. The van der Waals surface area contributed by atoms with E-state index in [4.69, 9.17) is 0 Å². The number of aromatic nitrogens is 2. The topological polar surface area (TPSA) is 64.0 Å². The van der Waals surface area contributed by atoms with E-state index in [1.54, 1.807) is 13.1 Å². The van der Waals surface area contributed by atoms with Crippen molar-refractivity contribution in [3.05, 3.63) is 58.1 Å². The fraction of sp³-hybridized carbons (Fsp3) is 0.267. The Morgan fingerprint density at radius 1 is 1.30 bits per heavy atom. The van der Waals surface area contributed by atoms with Crippen LogP contribution in [0.3, 0.4) is 0 Å². The normalized spacial score (nSPS) is 10.2. The van der Waals surface area contributed by atoms with Gasteiger partial charge in [0.1, 0.15) is 6.29 Å². The van der Waals surface area contributed by atoms with Crippen LogP contribution in [0.5, 0.6) is 0 Å². The average Bonchev–Trinajstić information content (AvgIpc) is 2.47. The molecule has 0 aliphatic rings. The van der Waals surface area contributed by atoms with Crippen molar-refractivity contribution in [2.24, 2.45) is 0 Å². The molecule has 2 aromatic rings. The molecular weight excluding hydrogens is 254 g/mol. The molecule has 0 atom stereocenters. The molecule has 1 N–H and O–H groups in total. The second-order valence-electron chi connectivity index (χ2n) is 4.49. The van der Waals surface area contributed by atoms with E-state index >= 15 is 0 Å². The monoisotopic (exact) mass is 271 g/mol. The van der Waals surface area contributed by atoms with Crippen LogP contribution in [0.4, 0.5) is 5.82 Å². The summed E-state index contributed by atoms with van der Waals surface area (Å²) < 4.78 is 1.41. The molecule has 0 aliphatic heterocycles. The van der Waals surface area contributed by atoms with Crippen LogP contribution in [-0.2, 0) is 17.8 Å². The minimum atomic E-state index is -0.259. The molecule has 0 spiro atoms. The fourth-order valence-electron chi connectivity index (χ4n) is 1.96. The summed E-state index contributed by atoms with van der Waals surface area (Å²) in [5.41, 5.74) is 1.61. The van der Waals surface area contributed by atoms with Crippen molar-refractivity contribution < 1.29 is 4.79 Å². The van der Waals surface area contributed by atoms with E-state index in [0.717, 1.165) is 6.42 Å². The van der Waals surface area contributed by atoms with Gasteiger partial charge >= 0.3 is 0 Å². The number of anilines is 1. The summed E-state index contributed by atoms with van der Waals surface area (Å²) in [6, 6.07) is 10.0. The third-order valence-electron chi connectivity index (χ3n) is 3.06. The molecular formula is C15H17N3O2. The molecule has 20 heavy (non-hydrogen) atoms. The highest BCUT2D eigenvalue weighted by molar-refractivity contribution is 5.50. The lowest BCUT2D eigenvalue weighted by molar-refractivity contribution is -0.108. The minimum Gasteiger partial charge on any atom is -0.365 e. The lowest BCUT2D eigenvalue weighted by Crippen LogP contribution is -2.27. The molecule has 0 saturated heterocycles. The van der Waals surface area contributed by atoms with Crippen LogP contribution in [0.2, 0.25) is 0 Å². The summed E-state index contributed by atoms with van der Waals surface area (Å²) in [5, 5.41) is 3.03. The van der Waals surface area contributed by atoms with Crippen LogP contribution >= 0.6 is 0 Å². The van der Waals surface area contributed by atoms with Gasteiger partial charge in [-0.05, 0) is 18.9 Å². The van der Waals surface area contributed by atoms with E-state index in [1.165, 1.54) is 10.1 Å². The number of aldehydes is 1. The van der Waals surface area contributed by atoms with Crippen molar-refractivity contribution in [2.45, 2.75) is 19.9 Å². The van der Waals surface area contributed by atoms with Gasteiger partial charge in [-0.15, -0.1) is 0 Å². The van der Waals surface area contributed by atoms with E-state index in [9.17, 15) is 9.59 Å². The molecule has 0 amide bonds. The smallest absolute Gasteiger partial charge is 0.293 e. The number of carbonyl (C=O) groups excluding carboxylic acids is 1. The molecule has 1 heterocycles. The molecule has 1 aromatic heterocycles. The Bertz CT molecular complexity index is 635. The third kappa shape index (κ3) is 3.32. The first kappa shape index (κ1) is 14.0. The first-order valence-electron chi connectivity index (χ1n) is 6.50. The number of nitrogens with one attached hydrogen (secondary N) is 1. The van der Waals surface area contributed by atoms with E-state index in [-0.39, 0.29) is 17.9 Å². The molecule has 104 valence electrons. The molecule has 0 bridgehead atoms. The molecule has 0 aliphatic carbocycles. The van der Waals surface area contributed by atoms with Crippen LogP contribution in [0, 0.1) is 6.92 Å². The van der Waals surface area contributed by atoms with Crippen molar-refractivity contribution >= 4 is 12.1 Å². The van der Waals surface area contributed by atoms with Crippen molar-refractivity contribution in [3.63, 3.8) is 0 Å². The maximum absolute atomic E-state index is 12.1. The Labute approximate surface area is 117 Å². The van der Waals surface area contributed by atoms with Gasteiger partial charge in [0.15, 0.2) is 5.82 Å². The minimum absolute atomic E-state index is 0.0561. The van der Waals surface area contributed by atoms with Gasteiger partial charge in [-0.3, -0.25) is 4.79 Å². The van der Waals surface area contributed by atoms with Crippen molar-refractivity contribution in [2.75, 3.05) is 11.9 Å². The molecule has 1 aromatic carbocycles. The highest BCUT2D eigenvalue weighted by Gasteiger charge is 2.06. The van der Waals surface area contributed by atoms with Gasteiger partial charge < -0.3 is 14.7 Å². The number of rotatable bonds is 6. The summed E-state index contributed by atoms with van der Waals surface area (Å²) in [4.78, 5) is 26.8. The van der Waals surface area contributed by atoms with E-state index in [2.05, 4.69) is 10.3 Å². The summed E-state index contributed by atoms with van der Waals surface area (Å²) >= 11 is 0. The summed E-state index contributed by atoms with van der Waals surface area (Å²) in [6.07, 6.45) is 3.11. The van der Waals surface area contributed by atoms with E-state index in [1.807, 2.05) is 30.3 Å². The van der Waals surface area contributed by atoms with Gasteiger partial charge in [-0.25, -0.2) is 4.98 Å². The standard InChI is InChI=1S/C15H17N3O2/c1-12-11-17-14(15(20)18(12)9-10-19)16-8-7-13-5-3-2-4-6-13/h2-6,10-11H,7-9H2,1H3,(H,16,17).